The Kier molecular flexibility index (Phi) is 5.65. The lowest BCUT2D eigenvalue weighted by molar-refractivity contribution is -0.133. The van der Waals surface area contributed by atoms with Crippen LogP contribution in [-0.2, 0) is 11.2 Å². The lowest BCUT2D eigenvalue weighted by Crippen LogP contribution is -2.36. The zero-order valence-electron chi connectivity index (χ0n) is 12.6. The zero-order chi connectivity index (χ0) is 15.4. The summed E-state index contributed by atoms with van der Waals surface area (Å²) >= 11 is 3.51. The van der Waals surface area contributed by atoms with Crippen LogP contribution in [0.2, 0.25) is 0 Å². The Morgan fingerprint density at radius 1 is 1.52 bits per heavy atom. The van der Waals surface area contributed by atoms with Crippen LogP contribution in [0.5, 0.6) is 5.75 Å². The molecule has 0 heterocycles. The standard InChI is InChI=1S/C16H23BrN2O2/c1-3-19(13-4-5-13)16(20)10-21-14-6-7-15(17)12(9-14)8-11(2)18/h6-7,9,11,13H,3-5,8,10,18H2,1-2H3. The number of rotatable bonds is 7. The predicted molar refractivity (Wildman–Crippen MR) is 87.4 cm³/mol. The summed E-state index contributed by atoms with van der Waals surface area (Å²) in [7, 11) is 0. The molecule has 5 heteroatoms. The molecule has 1 amide bonds. The maximum absolute atomic E-state index is 12.1. The van der Waals surface area contributed by atoms with Gasteiger partial charge in [-0.3, -0.25) is 4.79 Å². The van der Waals surface area contributed by atoms with Crippen LogP contribution < -0.4 is 10.5 Å². The lowest BCUT2D eigenvalue weighted by Gasteiger charge is -2.20. The number of nitrogens with two attached hydrogens (primary N) is 1. The molecule has 2 N–H and O–H groups in total. The molecule has 0 aromatic heterocycles. The Balaban J connectivity index is 1.94. The Morgan fingerprint density at radius 3 is 2.81 bits per heavy atom. The van der Waals surface area contributed by atoms with Gasteiger partial charge >= 0.3 is 0 Å². The van der Waals surface area contributed by atoms with Crippen molar-refractivity contribution < 1.29 is 9.53 Å². The van der Waals surface area contributed by atoms with Crippen molar-refractivity contribution in [2.45, 2.75) is 45.2 Å². The second-order valence-corrected chi connectivity index (χ2v) is 6.49. The van der Waals surface area contributed by atoms with E-state index in [0.29, 0.717) is 11.8 Å². The van der Waals surface area contributed by atoms with Crippen LogP contribution in [0.1, 0.15) is 32.3 Å². The van der Waals surface area contributed by atoms with Gasteiger partial charge in [0.05, 0.1) is 0 Å². The van der Waals surface area contributed by atoms with Gasteiger partial charge in [0.15, 0.2) is 6.61 Å². The maximum atomic E-state index is 12.1. The minimum Gasteiger partial charge on any atom is -0.484 e. The van der Waals surface area contributed by atoms with E-state index in [2.05, 4.69) is 15.9 Å². The molecule has 1 saturated carbocycles. The van der Waals surface area contributed by atoms with Crippen molar-refractivity contribution >= 4 is 21.8 Å². The quantitative estimate of drug-likeness (QED) is 0.818. The summed E-state index contributed by atoms with van der Waals surface area (Å²) < 4.78 is 6.67. The third-order valence-electron chi connectivity index (χ3n) is 3.57. The number of nitrogens with zero attached hydrogens (tertiary/aromatic N) is 1. The summed E-state index contributed by atoms with van der Waals surface area (Å²) in [6.07, 6.45) is 3.02. The van der Waals surface area contributed by atoms with E-state index in [1.807, 2.05) is 36.9 Å². The number of benzene rings is 1. The van der Waals surface area contributed by atoms with E-state index in [9.17, 15) is 4.79 Å². The number of ether oxygens (including phenoxy) is 1. The number of hydrogen-bond donors (Lipinski definition) is 1. The first kappa shape index (κ1) is 16.3. The Labute approximate surface area is 134 Å². The van der Waals surface area contributed by atoms with E-state index >= 15 is 0 Å². The summed E-state index contributed by atoms with van der Waals surface area (Å²) in [5.41, 5.74) is 6.94. The first-order valence-electron chi connectivity index (χ1n) is 7.47. The van der Waals surface area contributed by atoms with Gasteiger partial charge in [0.2, 0.25) is 0 Å². The molecule has 1 aliphatic rings. The molecule has 2 rings (SSSR count). The van der Waals surface area contributed by atoms with Gasteiger partial charge in [-0.1, -0.05) is 15.9 Å². The van der Waals surface area contributed by atoms with Crippen molar-refractivity contribution in [3.63, 3.8) is 0 Å². The van der Waals surface area contributed by atoms with Gasteiger partial charge in [0.1, 0.15) is 5.75 Å². The smallest absolute Gasteiger partial charge is 0.260 e. The highest BCUT2D eigenvalue weighted by Gasteiger charge is 2.31. The molecule has 0 radical (unpaired) electrons. The van der Waals surface area contributed by atoms with E-state index in [4.69, 9.17) is 10.5 Å². The van der Waals surface area contributed by atoms with Crippen LogP contribution in [0, 0.1) is 0 Å². The highest BCUT2D eigenvalue weighted by Crippen LogP contribution is 2.27. The predicted octanol–water partition coefficient (Wildman–Crippen LogP) is 2.73. The van der Waals surface area contributed by atoms with Crippen molar-refractivity contribution in [2.75, 3.05) is 13.2 Å². The highest BCUT2D eigenvalue weighted by molar-refractivity contribution is 9.10. The molecule has 0 saturated heterocycles. The SMILES string of the molecule is CCN(C(=O)COc1ccc(Br)c(CC(C)N)c1)C1CC1. The third-order valence-corrected chi connectivity index (χ3v) is 4.34. The summed E-state index contributed by atoms with van der Waals surface area (Å²) in [4.78, 5) is 14.0. The third kappa shape index (κ3) is 4.71. The molecule has 1 aromatic rings. The Hall–Kier alpha value is -1.07. The lowest BCUT2D eigenvalue weighted by atomic mass is 10.1. The van der Waals surface area contributed by atoms with E-state index < -0.39 is 0 Å². The molecule has 4 nitrogen and oxygen atoms in total. The van der Waals surface area contributed by atoms with Crippen molar-refractivity contribution in [3.8, 4) is 5.75 Å². The maximum Gasteiger partial charge on any atom is 0.260 e. The first-order valence-corrected chi connectivity index (χ1v) is 8.26. The Morgan fingerprint density at radius 2 is 2.24 bits per heavy atom. The van der Waals surface area contributed by atoms with Crippen LogP contribution in [0.25, 0.3) is 0 Å². The molecule has 1 unspecified atom stereocenters. The molecule has 116 valence electrons. The summed E-state index contributed by atoms with van der Waals surface area (Å²) in [6, 6.07) is 6.29. The fourth-order valence-corrected chi connectivity index (χ4v) is 2.81. The van der Waals surface area contributed by atoms with Crippen molar-refractivity contribution in [1.29, 1.82) is 0 Å². The van der Waals surface area contributed by atoms with Gasteiger partial charge in [-0.25, -0.2) is 0 Å². The summed E-state index contributed by atoms with van der Waals surface area (Å²) in [6.45, 7) is 4.83. The monoisotopic (exact) mass is 354 g/mol. The number of halogens is 1. The molecule has 0 spiro atoms. The van der Waals surface area contributed by atoms with Gasteiger partial charge < -0.3 is 15.4 Å². The second kappa shape index (κ2) is 7.27. The van der Waals surface area contributed by atoms with Crippen molar-refractivity contribution in [2.24, 2.45) is 5.73 Å². The van der Waals surface area contributed by atoms with Crippen LogP contribution in [-0.4, -0.2) is 36.0 Å². The van der Waals surface area contributed by atoms with E-state index in [1.165, 1.54) is 0 Å². The number of likely N-dealkylation sites (N-methyl/N-ethyl adjacent to an activating group) is 1. The molecule has 1 aromatic carbocycles. The summed E-state index contributed by atoms with van der Waals surface area (Å²) in [5, 5.41) is 0. The molecular formula is C16H23BrN2O2. The largest absolute Gasteiger partial charge is 0.484 e. The highest BCUT2D eigenvalue weighted by atomic mass is 79.9. The van der Waals surface area contributed by atoms with Gasteiger partial charge in [0, 0.05) is 23.1 Å². The summed E-state index contributed by atoms with van der Waals surface area (Å²) in [5.74, 6) is 0.783. The molecule has 0 aliphatic heterocycles. The van der Waals surface area contributed by atoms with Crippen molar-refractivity contribution in [1.82, 2.24) is 4.90 Å². The van der Waals surface area contributed by atoms with Gasteiger partial charge in [0.25, 0.3) is 5.91 Å². The van der Waals surface area contributed by atoms with E-state index in [-0.39, 0.29) is 18.6 Å². The second-order valence-electron chi connectivity index (χ2n) is 5.63. The number of carbonyl (C=O) groups excluding carboxylic acids is 1. The Bertz CT molecular complexity index is 501. The minimum atomic E-state index is 0.0664. The molecule has 1 atom stereocenters. The van der Waals surface area contributed by atoms with Gasteiger partial charge in [-0.05, 0) is 56.9 Å². The molecular weight excluding hydrogens is 332 g/mol. The topological polar surface area (TPSA) is 55.6 Å². The van der Waals surface area contributed by atoms with Gasteiger partial charge in [-0.2, -0.15) is 0 Å². The zero-order valence-corrected chi connectivity index (χ0v) is 14.2. The number of hydrogen-bond acceptors (Lipinski definition) is 3. The average molecular weight is 355 g/mol. The van der Waals surface area contributed by atoms with Crippen molar-refractivity contribution in [3.05, 3.63) is 28.2 Å². The number of carbonyl (C=O) groups is 1. The van der Waals surface area contributed by atoms with Crippen LogP contribution in [0.4, 0.5) is 0 Å². The van der Waals surface area contributed by atoms with Gasteiger partial charge in [-0.15, -0.1) is 0 Å². The molecule has 1 aliphatic carbocycles. The van der Waals surface area contributed by atoms with E-state index in [0.717, 1.165) is 35.8 Å². The normalized spacial score (nSPS) is 15.6. The van der Waals surface area contributed by atoms with Crippen LogP contribution >= 0.6 is 15.9 Å². The van der Waals surface area contributed by atoms with Crippen LogP contribution in [0.3, 0.4) is 0 Å². The fraction of sp³-hybridized carbons (Fsp3) is 0.562. The minimum absolute atomic E-state index is 0.0664. The molecule has 0 bridgehead atoms. The molecule has 1 fully saturated rings. The van der Waals surface area contributed by atoms with E-state index in [1.54, 1.807) is 0 Å². The number of amides is 1. The van der Waals surface area contributed by atoms with Crippen LogP contribution in [0.15, 0.2) is 22.7 Å². The fourth-order valence-electron chi connectivity index (χ4n) is 2.40. The average Bonchev–Trinajstić information content (AvgIpc) is 3.24. The molecule has 21 heavy (non-hydrogen) atoms. The first-order chi connectivity index (χ1) is 10.0.